The summed E-state index contributed by atoms with van der Waals surface area (Å²) in [6.07, 6.45) is 6.86. The summed E-state index contributed by atoms with van der Waals surface area (Å²) in [6, 6.07) is 0. The van der Waals surface area contributed by atoms with Crippen molar-refractivity contribution in [3.8, 4) is 5.40 Å². The Bertz CT molecular complexity index is 145. The summed E-state index contributed by atoms with van der Waals surface area (Å²) in [5, 5.41) is 8.63. The summed E-state index contributed by atoms with van der Waals surface area (Å²) in [6.45, 7) is 7.00. The maximum atomic E-state index is 7.18. The monoisotopic (exact) mass is 233 g/mol. The van der Waals surface area contributed by atoms with E-state index in [9.17, 15) is 0 Å². The third kappa shape index (κ3) is 12.3. The highest BCUT2D eigenvalue weighted by molar-refractivity contribution is 7.85. The summed E-state index contributed by atoms with van der Waals surface area (Å²) in [5.41, 5.74) is 0. The van der Waals surface area contributed by atoms with E-state index < -0.39 is 0 Å². The number of thiol groups is 1. The second-order valence-corrected chi connectivity index (χ2v) is 4.46. The Kier molecular flexibility index (Phi) is 15.8. The van der Waals surface area contributed by atoms with Gasteiger partial charge in [-0.15, -0.1) is 9.24 Å². The predicted molar refractivity (Wildman–Crippen MR) is 71.6 cm³/mol. The van der Waals surface area contributed by atoms with Crippen LogP contribution in [0.3, 0.4) is 0 Å². The minimum absolute atomic E-state index is 0.886. The molecule has 3 unspecified atom stereocenters. The maximum Gasteiger partial charge on any atom is 0.130 e. The number of unbranched alkanes of at least 4 members (excludes halogenated alkanes) is 2. The first kappa shape index (κ1) is 16.7. The third-order valence-corrected chi connectivity index (χ3v) is 3.35. The Morgan fingerprint density at radius 2 is 1.79 bits per heavy atom. The molecule has 0 aliphatic carbocycles. The number of nitrogens with zero attached hydrogens (tertiary/aromatic N) is 1. The number of thiocyanates is 1. The van der Waals surface area contributed by atoms with E-state index in [-0.39, 0.29) is 0 Å². The normalized spacial score (nSPS) is 13.4. The Hall–Kier alpha value is 0.270. The Morgan fingerprint density at radius 3 is 2.14 bits per heavy atom. The summed E-state index contributed by atoms with van der Waals surface area (Å²) in [5.74, 6) is 1.80. The van der Waals surface area contributed by atoms with E-state index in [1.807, 2.05) is 0 Å². The van der Waals surface area contributed by atoms with Gasteiger partial charge in [0, 0.05) is 0 Å². The third-order valence-electron chi connectivity index (χ3n) is 2.61. The minimum atomic E-state index is 0.886. The van der Waals surface area contributed by atoms with Gasteiger partial charge in [0.25, 0.3) is 0 Å². The molecule has 3 heteroatoms. The SMILES string of the molecule is CCCCCC(C)C(C)CP.N#CS. The van der Waals surface area contributed by atoms with Crippen LogP contribution >= 0.6 is 21.9 Å². The van der Waals surface area contributed by atoms with E-state index >= 15 is 0 Å². The van der Waals surface area contributed by atoms with Gasteiger partial charge in [-0.3, -0.25) is 0 Å². The zero-order valence-electron chi connectivity index (χ0n) is 9.66. The van der Waals surface area contributed by atoms with Crippen molar-refractivity contribution >= 4 is 21.9 Å². The lowest BCUT2D eigenvalue weighted by Crippen LogP contribution is -2.08. The van der Waals surface area contributed by atoms with Gasteiger partial charge in [0.05, 0.1) is 0 Å². The van der Waals surface area contributed by atoms with Crippen LogP contribution in [0, 0.1) is 22.5 Å². The molecule has 0 spiro atoms. The molecular formula is C11H24NPS. The summed E-state index contributed by atoms with van der Waals surface area (Å²) < 4.78 is 0. The first-order valence-electron chi connectivity index (χ1n) is 5.37. The zero-order valence-corrected chi connectivity index (χ0v) is 11.7. The number of nitriles is 1. The average Bonchev–Trinajstić information content (AvgIpc) is 2.18. The highest BCUT2D eigenvalue weighted by Gasteiger charge is 2.08. The standard InChI is InChI=1S/C10H23P.CHNS/c1-4-5-6-7-9(2)10(3)8-11;2-1-3/h9-10H,4-8,11H2,1-3H3;3H. The zero-order chi connectivity index (χ0) is 11.4. The van der Waals surface area contributed by atoms with E-state index in [2.05, 4.69) is 42.6 Å². The van der Waals surface area contributed by atoms with Gasteiger partial charge in [-0.1, -0.05) is 59.1 Å². The molecule has 0 amide bonds. The fourth-order valence-corrected chi connectivity index (χ4v) is 1.70. The molecule has 0 N–H and O–H groups in total. The summed E-state index contributed by atoms with van der Waals surface area (Å²) in [4.78, 5) is 0. The quantitative estimate of drug-likeness (QED) is 0.317. The average molecular weight is 233 g/mol. The van der Waals surface area contributed by atoms with E-state index in [4.69, 9.17) is 5.26 Å². The van der Waals surface area contributed by atoms with Crippen molar-refractivity contribution in [1.29, 1.82) is 5.26 Å². The van der Waals surface area contributed by atoms with Crippen molar-refractivity contribution in [3.63, 3.8) is 0 Å². The summed E-state index contributed by atoms with van der Waals surface area (Å²) in [7, 11) is 2.84. The van der Waals surface area contributed by atoms with Crippen LogP contribution in [-0.4, -0.2) is 6.16 Å². The van der Waals surface area contributed by atoms with Crippen LogP contribution in [0.15, 0.2) is 0 Å². The first-order valence-corrected chi connectivity index (χ1v) is 6.63. The second-order valence-electron chi connectivity index (χ2n) is 3.79. The molecule has 84 valence electrons. The van der Waals surface area contributed by atoms with Gasteiger partial charge in [-0.25, -0.2) is 0 Å². The van der Waals surface area contributed by atoms with Crippen molar-refractivity contribution in [3.05, 3.63) is 0 Å². The molecule has 0 aliphatic rings. The topological polar surface area (TPSA) is 23.8 Å². The highest BCUT2D eigenvalue weighted by Crippen LogP contribution is 2.19. The predicted octanol–water partition coefficient (Wildman–Crippen LogP) is 4.11. The molecule has 0 rings (SSSR count). The molecule has 3 atom stereocenters. The van der Waals surface area contributed by atoms with E-state index in [1.54, 1.807) is 0 Å². The van der Waals surface area contributed by atoms with Crippen LogP contribution in [0.1, 0.15) is 46.5 Å². The molecule has 0 bridgehead atoms. The molecule has 0 saturated heterocycles. The smallest absolute Gasteiger partial charge is 0.130 e. The Morgan fingerprint density at radius 1 is 1.29 bits per heavy atom. The number of hydrogen-bond donors (Lipinski definition) is 1. The second kappa shape index (κ2) is 13.3. The fraction of sp³-hybridized carbons (Fsp3) is 0.909. The van der Waals surface area contributed by atoms with Gasteiger partial charge >= 0.3 is 0 Å². The number of hydrogen-bond acceptors (Lipinski definition) is 2. The van der Waals surface area contributed by atoms with Crippen LogP contribution in [0.4, 0.5) is 0 Å². The van der Waals surface area contributed by atoms with E-state index in [1.165, 1.54) is 37.2 Å². The number of rotatable bonds is 6. The van der Waals surface area contributed by atoms with Crippen LogP contribution in [0.25, 0.3) is 0 Å². The van der Waals surface area contributed by atoms with Crippen molar-refractivity contribution in [2.75, 3.05) is 6.16 Å². The lowest BCUT2D eigenvalue weighted by molar-refractivity contribution is 0.382. The van der Waals surface area contributed by atoms with Crippen molar-refractivity contribution < 1.29 is 0 Å². The van der Waals surface area contributed by atoms with Gasteiger partial charge in [-0.2, -0.15) is 5.26 Å². The van der Waals surface area contributed by atoms with Gasteiger partial charge in [0.15, 0.2) is 0 Å². The summed E-state index contributed by atoms with van der Waals surface area (Å²) >= 11 is 3.09. The minimum Gasteiger partial charge on any atom is -0.185 e. The largest absolute Gasteiger partial charge is 0.185 e. The van der Waals surface area contributed by atoms with Crippen LogP contribution in [0.5, 0.6) is 0 Å². The maximum absolute atomic E-state index is 7.18. The molecule has 0 saturated carbocycles. The van der Waals surface area contributed by atoms with Crippen LogP contribution in [-0.2, 0) is 0 Å². The van der Waals surface area contributed by atoms with Gasteiger partial charge in [-0.05, 0) is 18.0 Å². The molecule has 0 aliphatic heterocycles. The molecule has 0 radical (unpaired) electrons. The van der Waals surface area contributed by atoms with E-state index in [0.29, 0.717) is 0 Å². The fourth-order valence-electron chi connectivity index (χ4n) is 1.23. The van der Waals surface area contributed by atoms with E-state index in [0.717, 1.165) is 11.8 Å². The molecule has 0 heterocycles. The van der Waals surface area contributed by atoms with Crippen molar-refractivity contribution in [2.24, 2.45) is 11.8 Å². The molecule has 0 fully saturated rings. The van der Waals surface area contributed by atoms with Gasteiger partial charge in [0.1, 0.15) is 5.40 Å². The Balaban J connectivity index is 0. The van der Waals surface area contributed by atoms with Crippen molar-refractivity contribution in [1.82, 2.24) is 0 Å². The highest BCUT2D eigenvalue weighted by atomic mass is 32.1. The van der Waals surface area contributed by atoms with Gasteiger partial charge < -0.3 is 0 Å². The van der Waals surface area contributed by atoms with Crippen LogP contribution < -0.4 is 0 Å². The molecule has 14 heavy (non-hydrogen) atoms. The molecule has 0 aromatic heterocycles. The first-order chi connectivity index (χ1) is 6.63. The lowest BCUT2D eigenvalue weighted by atomic mass is 9.92. The molecule has 1 nitrogen and oxygen atoms in total. The lowest BCUT2D eigenvalue weighted by Gasteiger charge is -2.17. The van der Waals surface area contributed by atoms with Gasteiger partial charge in [0.2, 0.25) is 0 Å². The van der Waals surface area contributed by atoms with Crippen LogP contribution in [0.2, 0.25) is 0 Å². The molecular weight excluding hydrogens is 209 g/mol. The Labute approximate surface area is 97.3 Å². The molecule has 0 aromatic rings. The molecule has 0 aromatic carbocycles. The van der Waals surface area contributed by atoms with Crippen molar-refractivity contribution in [2.45, 2.75) is 46.5 Å².